The van der Waals surface area contributed by atoms with Gasteiger partial charge in [0.05, 0.1) is 25.4 Å². The van der Waals surface area contributed by atoms with Crippen LogP contribution in [0.25, 0.3) is 0 Å². The third-order valence-electron chi connectivity index (χ3n) is 1.49. The Morgan fingerprint density at radius 2 is 1.62 bits per heavy atom. The zero-order valence-electron chi connectivity index (χ0n) is 11.0. The zero-order chi connectivity index (χ0) is 12.8. The van der Waals surface area contributed by atoms with E-state index >= 15 is 0 Å². The molecule has 0 unspecified atom stereocenters. The highest BCUT2D eigenvalue weighted by Crippen LogP contribution is 2.15. The molecule has 93 valence electrons. The van der Waals surface area contributed by atoms with E-state index in [1.54, 1.807) is 0 Å². The maximum atomic E-state index is 5.67. The van der Waals surface area contributed by atoms with Gasteiger partial charge in [-0.1, -0.05) is 12.2 Å². The van der Waals surface area contributed by atoms with Crippen molar-refractivity contribution in [3.63, 3.8) is 0 Å². The summed E-state index contributed by atoms with van der Waals surface area (Å²) in [5, 5.41) is 0. The van der Waals surface area contributed by atoms with Crippen LogP contribution in [-0.4, -0.2) is 41.1 Å². The maximum Gasteiger partial charge on any atom is 0.167 e. The molecule has 0 saturated carbocycles. The average Bonchev–Trinajstić information content (AvgIpc) is 1.98. The van der Waals surface area contributed by atoms with Crippen LogP contribution in [-0.2, 0) is 14.2 Å². The zero-order valence-corrected chi connectivity index (χ0v) is 12.0. The smallest absolute Gasteiger partial charge is 0.167 e. The van der Waals surface area contributed by atoms with Crippen molar-refractivity contribution in [2.45, 2.75) is 52.2 Å². The second-order valence-corrected chi connectivity index (χ2v) is 5.30. The molecule has 0 saturated heterocycles. The van der Waals surface area contributed by atoms with Crippen LogP contribution in [0.3, 0.4) is 0 Å². The van der Waals surface area contributed by atoms with Gasteiger partial charge in [0.1, 0.15) is 10.2 Å². The molecule has 4 heteroatoms. The first-order valence-electron chi connectivity index (χ1n) is 5.58. The van der Waals surface area contributed by atoms with E-state index in [4.69, 9.17) is 14.2 Å². The van der Waals surface area contributed by atoms with Crippen LogP contribution in [0.5, 0.6) is 0 Å². The molecular formula is C12H23O3Si. The van der Waals surface area contributed by atoms with Crippen molar-refractivity contribution in [2.24, 2.45) is 0 Å². The van der Waals surface area contributed by atoms with E-state index in [-0.39, 0.29) is 12.2 Å². The summed E-state index contributed by atoms with van der Waals surface area (Å²) in [5.41, 5.74) is 0.0979. The molecule has 0 N–H and O–H groups in total. The molecule has 0 fully saturated rings. The number of rotatable bonds is 8. The maximum absolute atomic E-state index is 5.67. The van der Waals surface area contributed by atoms with Gasteiger partial charge >= 0.3 is 0 Å². The van der Waals surface area contributed by atoms with Crippen molar-refractivity contribution in [3.8, 4) is 0 Å². The summed E-state index contributed by atoms with van der Waals surface area (Å²) >= 11 is 0. The summed E-state index contributed by atoms with van der Waals surface area (Å²) in [6, 6.07) is 0. The average molecular weight is 243 g/mol. The van der Waals surface area contributed by atoms with Gasteiger partial charge in [-0.05, 0) is 34.6 Å². The van der Waals surface area contributed by atoms with Gasteiger partial charge in [-0.3, -0.25) is 0 Å². The van der Waals surface area contributed by atoms with Crippen molar-refractivity contribution in [1.82, 2.24) is 0 Å². The second-order valence-electron chi connectivity index (χ2n) is 4.54. The van der Waals surface area contributed by atoms with Gasteiger partial charge in [0.2, 0.25) is 0 Å². The van der Waals surface area contributed by atoms with Gasteiger partial charge < -0.3 is 14.2 Å². The molecule has 0 rings (SSSR count). The monoisotopic (exact) mass is 243 g/mol. The van der Waals surface area contributed by atoms with Crippen LogP contribution in [0, 0.1) is 0 Å². The minimum absolute atomic E-state index is 0.0599. The summed E-state index contributed by atoms with van der Waals surface area (Å²) < 4.78 is 16.8. The fraction of sp³-hybridized carbons (Fsp3) is 0.833. The molecule has 3 radical (unpaired) electrons. The molecule has 0 atom stereocenters. The third kappa shape index (κ3) is 8.04. The lowest BCUT2D eigenvalue weighted by molar-refractivity contribution is -0.236. The van der Waals surface area contributed by atoms with E-state index in [1.807, 2.05) is 34.6 Å². The van der Waals surface area contributed by atoms with E-state index in [9.17, 15) is 0 Å². The van der Waals surface area contributed by atoms with E-state index in [0.717, 1.165) is 5.57 Å². The molecule has 0 heterocycles. The topological polar surface area (TPSA) is 27.7 Å². The molecular weight excluding hydrogens is 220 g/mol. The molecule has 0 bridgehead atoms. The van der Waals surface area contributed by atoms with Crippen molar-refractivity contribution in [3.05, 3.63) is 12.2 Å². The van der Waals surface area contributed by atoms with Crippen LogP contribution in [0.2, 0.25) is 0 Å². The number of hydrogen-bond donors (Lipinski definition) is 0. The van der Waals surface area contributed by atoms with Gasteiger partial charge in [-0.2, -0.15) is 0 Å². The molecule has 0 aromatic rings. The lowest BCUT2D eigenvalue weighted by atomic mass is 10.4. The minimum atomic E-state index is -0.877. The molecule has 0 aromatic heterocycles. The van der Waals surface area contributed by atoms with Crippen LogP contribution in [0.15, 0.2) is 12.2 Å². The Hall–Kier alpha value is -0.163. The first kappa shape index (κ1) is 15.8. The summed E-state index contributed by atoms with van der Waals surface area (Å²) in [7, 11) is 3.49. The second kappa shape index (κ2) is 7.22. The highest BCUT2D eigenvalue weighted by Gasteiger charge is 2.29. The highest BCUT2D eigenvalue weighted by molar-refractivity contribution is 6.13. The third-order valence-corrected chi connectivity index (χ3v) is 1.87. The molecule has 0 amide bonds. The Morgan fingerprint density at radius 3 is 1.94 bits per heavy atom. The fourth-order valence-corrected chi connectivity index (χ4v) is 1.79. The fourth-order valence-electron chi connectivity index (χ4n) is 1.22. The standard InChI is InChI=1S/C12H23O3Si/c1-9(2)7-13-8-12(16,14-10(3)4)15-11(5)6/h10-11H,1,7-8H2,2-6H3. The van der Waals surface area contributed by atoms with Gasteiger partial charge in [0.25, 0.3) is 0 Å². The normalized spacial score (nSPS) is 12.5. The lowest BCUT2D eigenvalue weighted by Crippen LogP contribution is -2.45. The van der Waals surface area contributed by atoms with Gasteiger partial charge in [0, 0.05) is 0 Å². The molecule has 0 aromatic carbocycles. The molecule has 0 spiro atoms. The molecule has 3 nitrogen and oxygen atoms in total. The highest BCUT2D eigenvalue weighted by atomic mass is 28.1. The predicted octanol–water partition coefficient (Wildman–Crippen LogP) is 2.25. The van der Waals surface area contributed by atoms with Crippen LogP contribution in [0.4, 0.5) is 0 Å². The van der Waals surface area contributed by atoms with Gasteiger partial charge in [-0.15, -0.1) is 0 Å². The molecule has 0 aliphatic carbocycles. The Balaban J connectivity index is 4.23. The number of hydrogen-bond acceptors (Lipinski definition) is 3. The first-order valence-corrected chi connectivity index (χ1v) is 6.08. The summed E-state index contributed by atoms with van der Waals surface area (Å²) in [4.78, 5) is 0. The van der Waals surface area contributed by atoms with Crippen molar-refractivity contribution in [1.29, 1.82) is 0 Å². The molecule has 0 aliphatic heterocycles. The van der Waals surface area contributed by atoms with E-state index < -0.39 is 5.41 Å². The van der Waals surface area contributed by atoms with E-state index in [2.05, 4.69) is 16.8 Å². The van der Waals surface area contributed by atoms with Gasteiger partial charge in [0.15, 0.2) is 5.41 Å². The van der Waals surface area contributed by atoms with Crippen LogP contribution in [0.1, 0.15) is 34.6 Å². The Morgan fingerprint density at radius 1 is 1.19 bits per heavy atom. The van der Waals surface area contributed by atoms with Gasteiger partial charge in [-0.25, -0.2) is 0 Å². The van der Waals surface area contributed by atoms with Crippen molar-refractivity contribution in [2.75, 3.05) is 13.2 Å². The summed E-state index contributed by atoms with van der Waals surface area (Å²) in [6.07, 6.45) is 0.120. The Labute approximate surface area is 103 Å². The minimum Gasteiger partial charge on any atom is -0.372 e. The van der Waals surface area contributed by atoms with E-state index in [0.29, 0.717) is 13.2 Å². The van der Waals surface area contributed by atoms with Crippen molar-refractivity contribution >= 4 is 10.2 Å². The number of ether oxygens (including phenoxy) is 3. The van der Waals surface area contributed by atoms with Crippen LogP contribution < -0.4 is 0 Å². The predicted molar refractivity (Wildman–Crippen MR) is 66.6 cm³/mol. The van der Waals surface area contributed by atoms with Crippen molar-refractivity contribution < 1.29 is 14.2 Å². The SMILES string of the molecule is C=C(C)COCC([Si])(OC(C)C)OC(C)C. The lowest BCUT2D eigenvalue weighted by Gasteiger charge is -2.33. The summed E-state index contributed by atoms with van der Waals surface area (Å²) in [5.74, 6) is 0. The first-order chi connectivity index (χ1) is 7.25. The van der Waals surface area contributed by atoms with E-state index in [1.165, 1.54) is 0 Å². The molecule has 16 heavy (non-hydrogen) atoms. The largest absolute Gasteiger partial charge is 0.372 e. The van der Waals surface area contributed by atoms with Crippen LogP contribution >= 0.6 is 0 Å². The Kier molecular flexibility index (Phi) is 7.15. The quantitative estimate of drug-likeness (QED) is 0.372. The molecule has 0 aliphatic rings. The Bertz CT molecular complexity index is 204. The summed E-state index contributed by atoms with van der Waals surface area (Å²) in [6.45, 7) is 14.4.